The first-order valence-electron chi connectivity index (χ1n) is 7.37. The number of aromatic nitrogens is 1. The summed E-state index contributed by atoms with van der Waals surface area (Å²) in [6.45, 7) is 1.73. The van der Waals surface area contributed by atoms with E-state index < -0.39 is 0 Å². The van der Waals surface area contributed by atoms with Crippen LogP contribution in [0.1, 0.15) is 48.2 Å². The molecule has 0 bridgehead atoms. The number of anilines is 2. The fraction of sp³-hybridized carbons (Fsp3) is 0.714. The van der Waals surface area contributed by atoms with Crippen LogP contribution in [0.15, 0.2) is 0 Å². The molecule has 1 aliphatic carbocycles. The van der Waals surface area contributed by atoms with E-state index in [1.54, 1.807) is 7.05 Å². The summed E-state index contributed by atoms with van der Waals surface area (Å²) in [4.78, 5) is 19.2. The third-order valence-corrected chi connectivity index (χ3v) is 5.91. The van der Waals surface area contributed by atoms with E-state index in [9.17, 15) is 4.79 Å². The fourth-order valence-electron chi connectivity index (χ4n) is 3.54. The molecule has 1 saturated heterocycles. The minimum Gasteiger partial charge on any atom is -0.382 e. The van der Waals surface area contributed by atoms with Crippen molar-refractivity contribution in [2.45, 2.75) is 38.5 Å². The highest BCUT2D eigenvalue weighted by Gasteiger charge is 2.38. The van der Waals surface area contributed by atoms with Crippen molar-refractivity contribution in [2.24, 2.45) is 5.41 Å². The maximum atomic E-state index is 12.5. The zero-order chi connectivity index (χ0) is 14.2. The Hall–Kier alpha value is -1.30. The molecule has 1 saturated carbocycles. The molecule has 0 unspecified atom stereocenters. The second-order valence-corrected chi connectivity index (χ2v) is 6.98. The Morgan fingerprint density at radius 2 is 1.95 bits per heavy atom. The maximum absolute atomic E-state index is 12.5. The number of thiazole rings is 1. The van der Waals surface area contributed by atoms with Crippen LogP contribution in [0.2, 0.25) is 0 Å². The van der Waals surface area contributed by atoms with E-state index in [1.807, 2.05) is 4.90 Å². The van der Waals surface area contributed by atoms with Crippen molar-refractivity contribution < 1.29 is 4.79 Å². The molecule has 1 aromatic heterocycles. The second-order valence-electron chi connectivity index (χ2n) is 5.98. The van der Waals surface area contributed by atoms with Crippen LogP contribution in [0, 0.1) is 5.41 Å². The quantitative estimate of drug-likeness (QED) is 0.879. The lowest BCUT2D eigenvalue weighted by Crippen LogP contribution is -2.42. The summed E-state index contributed by atoms with van der Waals surface area (Å²) in [5, 5.41) is 3.65. The van der Waals surface area contributed by atoms with Crippen molar-refractivity contribution in [1.82, 2.24) is 9.88 Å². The monoisotopic (exact) mass is 294 g/mol. The minimum atomic E-state index is 0.0503. The van der Waals surface area contributed by atoms with Gasteiger partial charge in [0.2, 0.25) is 0 Å². The molecule has 20 heavy (non-hydrogen) atoms. The molecule has 3 rings (SSSR count). The normalized spacial score (nSPS) is 21.4. The number of carbonyl (C=O) groups excluding carboxylic acids is 1. The molecular weight excluding hydrogens is 272 g/mol. The molecule has 5 nitrogen and oxygen atoms in total. The smallest absolute Gasteiger partial charge is 0.267 e. The Kier molecular flexibility index (Phi) is 3.58. The summed E-state index contributed by atoms with van der Waals surface area (Å²) in [5.74, 6) is 0.403. The average Bonchev–Trinajstić information content (AvgIpc) is 3.06. The molecule has 2 heterocycles. The zero-order valence-electron chi connectivity index (χ0n) is 11.9. The summed E-state index contributed by atoms with van der Waals surface area (Å²) in [6, 6.07) is 0. The number of rotatable bonds is 2. The molecule has 1 spiro atoms. The van der Waals surface area contributed by atoms with E-state index in [0.717, 1.165) is 25.9 Å². The Morgan fingerprint density at radius 3 is 2.50 bits per heavy atom. The number of hydrogen-bond donors (Lipinski definition) is 2. The van der Waals surface area contributed by atoms with Gasteiger partial charge in [-0.2, -0.15) is 0 Å². The second kappa shape index (κ2) is 5.24. The number of nitrogens with zero attached hydrogens (tertiary/aromatic N) is 2. The zero-order valence-corrected chi connectivity index (χ0v) is 12.8. The van der Waals surface area contributed by atoms with Crippen molar-refractivity contribution in [3.63, 3.8) is 0 Å². The maximum Gasteiger partial charge on any atom is 0.267 e. The number of carbonyl (C=O) groups is 1. The average molecular weight is 294 g/mol. The summed E-state index contributed by atoms with van der Waals surface area (Å²) in [5.41, 5.74) is 6.39. The van der Waals surface area contributed by atoms with Gasteiger partial charge in [0.1, 0.15) is 10.7 Å². The van der Waals surface area contributed by atoms with E-state index in [-0.39, 0.29) is 5.91 Å². The molecular formula is C14H22N4OS. The van der Waals surface area contributed by atoms with Gasteiger partial charge in [-0.3, -0.25) is 4.79 Å². The first-order valence-corrected chi connectivity index (χ1v) is 8.19. The number of piperidine rings is 1. The van der Waals surface area contributed by atoms with Crippen LogP contribution < -0.4 is 11.1 Å². The Morgan fingerprint density at radius 1 is 1.30 bits per heavy atom. The third-order valence-electron chi connectivity index (χ3n) is 4.84. The van der Waals surface area contributed by atoms with Crippen LogP contribution in [0.3, 0.4) is 0 Å². The van der Waals surface area contributed by atoms with E-state index in [0.29, 0.717) is 21.2 Å². The number of hydrogen-bond acceptors (Lipinski definition) is 5. The molecule has 1 aromatic rings. The Balaban J connectivity index is 1.68. The van der Waals surface area contributed by atoms with E-state index in [4.69, 9.17) is 5.73 Å². The van der Waals surface area contributed by atoms with Crippen molar-refractivity contribution >= 4 is 28.2 Å². The fourth-order valence-corrected chi connectivity index (χ4v) is 4.35. The third kappa shape index (κ3) is 2.37. The number of likely N-dealkylation sites (tertiary alicyclic amines) is 1. The summed E-state index contributed by atoms with van der Waals surface area (Å²) in [6.07, 6.45) is 7.72. The van der Waals surface area contributed by atoms with Gasteiger partial charge in [-0.05, 0) is 31.1 Å². The first-order chi connectivity index (χ1) is 9.63. The molecule has 110 valence electrons. The lowest BCUT2D eigenvalue weighted by Gasteiger charge is -2.39. The predicted molar refractivity (Wildman–Crippen MR) is 82.1 cm³/mol. The SMILES string of the molecule is CNc1nc(N)c(C(=O)N2CCC3(CCCC3)CC2)s1. The number of amides is 1. The molecule has 6 heteroatoms. The topological polar surface area (TPSA) is 71.2 Å². The summed E-state index contributed by atoms with van der Waals surface area (Å²) < 4.78 is 0. The number of nitrogen functional groups attached to an aromatic ring is 1. The van der Waals surface area contributed by atoms with Gasteiger partial charge >= 0.3 is 0 Å². The molecule has 0 radical (unpaired) electrons. The van der Waals surface area contributed by atoms with Crippen molar-refractivity contribution in [3.05, 3.63) is 4.88 Å². The molecule has 0 aromatic carbocycles. The van der Waals surface area contributed by atoms with Gasteiger partial charge < -0.3 is 16.0 Å². The van der Waals surface area contributed by atoms with Crippen molar-refractivity contribution in [1.29, 1.82) is 0 Å². The van der Waals surface area contributed by atoms with Crippen molar-refractivity contribution in [3.8, 4) is 0 Å². The van der Waals surface area contributed by atoms with E-state index in [2.05, 4.69) is 10.3 Å². The largest absolute Gasteiger partial charge is 0.382 e. The molecule has 1 aliphatic heterocycles. The molecule has 2 aliphatic rings. The van der Waals surface area contributed by atoms with Gasteiger partial charge in [0.05, 0.1) is 0 Å². The Bertz CT molecular complexity index is 497. The van der Waals surface area contributed by atoms with Gasteiger partial charge in [0.15, 0.2) is 5.13 Å². The highest BCUT2D eigenvalue weighted by molar-refractivity contribution is 7.18. The minimum absolute atomic E-state index is 0.0503. The summed E-state index contributed by atoms with van der Waals surface area (Å²) >= 11 is 1.35. The molecule has 0 atom stereocenters. The summed E-state index contributed by atoms with van der Waals surface area (Å²) in [7, 11) is 1.79. The number of nitrogens with one attached hydrogen (secondary N) is 1. The molecule has 1 amide bonds. The lowest BCUT2D eigenvalue weighted by atomic mass is 9.77. The van der Waals surface area contributed by atoms with Crippen LogP contribution in [0.4, 0.5) is 10.9 Å². The lowest BCUT2D eigenvalue weighted by molar-refractivity contribution is 0.0593. The van der Waals surface area contributed by atoms with E-state index in [1.165, 1.54) is 37.0 Å². The Labute approximate surface area is 123 Å². The molecule has 3 N–H and O–H groups in total. The standard InChI is InChI=1S/C14H22N4OS/c1-16-13-17-11(15)10(20-13)12(19)18-8-6-14(7-9-18)4-2-3-5-14/h2-9,15H2,1H3,(H,16,17). The van der Waals surface area contributed by atoms with E-state index >= 15 is 0 Å². The van der Waals surface area contributed by atoms with Crippen LogP contribution in [0.5, 0.6) is 0 Å². The van der Waals surface area contributed by atoms with Gasteiger partial charge in [-0.25, -0.2) is 4.98 Å². The van der Waals surface area contributed by atoms with Gasteiger partial charge in [-0.15, -0.1) is 0 Å². The number of nitrogens with two attached hydrogens (primary N) is 1. The first kappa shape index (κ1) is 13.7. The molecule has 2 fully saturated rings. The highest BCUT2D eigenvalue weighted by Crippen LogP contribution is 2.46. The van der Waals surface area contributed by atoms with Crippen LogP contribution in [-0.4, -0.2) is 35.9 Å². The van der Waals surface area contributed by atoms with Crippen LogP contribution in [0.25, 0.3) is 0 Å². The van der Waals surface area contributed by atoms with Crippen LogP contribution in [-0.2, 0) is 0 Å². The highest BCUT2D eigenvalue weighted by atomic mass is 32.1. The van der Waals surface area contributed by atoms with Gasteiger partial charge in [-0.1, -0.05) is 24.2 Å². The van der Waals surface area contributed by atoms with Gasteiger partial charge in [0.25, 0.3) is 5.91 Å². The van der Waals surface area contributed by atoms with Crippen molar-refractivity contribution in [2.75, 3.05) is 31.2 Å². The van der Waals surface area contributed by atoms with Gasteiger partial charge in [0, 0.05) is 20.1 Å². The van der Waals surface area contributed by atoms with Crippen LogP contribution >= 0.6 is 11.3 Å². The predicted octanol–water partition coefficient (Wildman–Crippen LogP) is 2.56.